The first-order valence-electron chi connectivity index (χ1n) is 8.65. The van der Waals surface area contributed by atoms with Crippen LogP contribution in [0.3, 0.4) is 0 Å². The second-order valence-corrected chi connectivity index (χ2v) is 8.76. The van der Waals surface area contributed by atoms with Crippen LogP contribution < -0.4 is 10.3 Å². The Morgan fingerprint density at radius 1 is 0.615 bits per heavy atom. The number of carboxylic acid groups (broad SMARTS) is 2. The summed E-state index contributed by atoms with van der Waals surface area (Å²) in [6.07, 6.45) is -10.5. The van der Waals surface area contributed by atoms with Crippen molar-refractivity contribution in [3.63, 3.8) is 0 Å². The number of hydrogen-bond acceptors (Lipinski definition) is 5. The van der Waals surface area contributed by atoms with E-state index in [1.54, 1.807) is 0 Å². The van der Waals surface area contributed by atoms with E-state index in [-0.39, 0.29) is 4.83 Å². The van der Waals surface area contributed by atoms with Gasteiger partial charge in [-0.3, -0.25) is 9.59 Å². The summed E-state index contributed by atoms with van der Waals surface area (Å²) in [4.78, 5) is 21.0. The first kappa shape index (κ1) is 36.6. The predicted octanol–water partition coefficient (Wildman–Crippen LogP) is 3.70. The van der Waals surface area contributed by atoms with Crippen LogP contribution in [0, 0.1) is 0 Å². The Hall–Kier alpha value is -2.38. The Bertz CT molecular complexity index is 1040. The average Bonchev–Trinajstić information content (AvgIpc) is 2.71. The van der Waals surface area contributed by atoms with Crippen molar-refractivity contribution in [1.82, 2.24) is 10.3 Å². The highest BCUT2D eigenvalue weighted by molar-refractivity contribution is 7.90. The van der Waals surface area contributed by atoms with E-state index in [0.717, 1.165) is 0 Å². The van der Waals surface area contributed by atoms with Gasteiger partial charge in [0, 0.05) is 6.42 Å². The third-order valence-electron chi connectivity index (χ3n) is 4.34. The summed E-state index contributed by atoms with van der Waals surface area (Å²) in [7, 11) is -7.79. The summed E-state index contributed by atoms with van der Waals surface area (Å²) in [6.45, 7) is 0. The Kier molecular flexibility index (Phi) is 9.60. The minimum atomic E-state index is -9.01. The molecule has 0 saturated heterocycles. The zero-order valence-electron chi connectivity index (χ0n) is 17.4. The topological polar surface area (TPSA) is 133 Å². The van der Waals surface area contributed by atoms with Crippen LogP contribution in [0.5, 0.6) is 0 Å². The Morgan fingerprint density at radius 3 is 1.26 bits per heavy atom. The molecule has 0 rings (SSSR count). The van der Waals surface area contributed by atoms with Gasteiger partial charge in [-0.05, 0) is 6.42 Å². The summed E-state index contributed by atoms with van der Waals surface area (Å²) in [5, 5.41) is 9.06. The van der Waals surface area contributed by atoms with Gasteiger partial charge >= 0.3 is 58.9 Å². The van der Waals surface area contributed by atoms with Crippen LogP contribution in [0.15, 0.2) is 0 Å². The highest BCUT2D eigenvalue weighted by Crippen LogP contribution is 2.64. The molecule has 0 aromatic heterocycles. The van der Waals surface area contributed by atoms with Crippen molar-refractivity contribution in [3.05, 3.63) is 0 Å². The van der Waals surface area contributed by atoms with E-state index in [1.165, 1.54) is 0 Å². The predicted molar refractivity (Wildman–Crippen MR) is 84.2 cm³/mol. The zero-order valence-corrected chi connectivity index (χ0v) is 18.2. The number of rotatable bonds is 14. The van der Waals surface area contributed by atoms with Crippen molar-refractivity contribution in [2.75, 3.05) is 0 Å². The molecule has 0 radical (unpaired) electrons. The molecule has 232 valence electrons. The SMILES string of the molecule is O=C(O)CCC(NNS(=O)(=O)C(F)(F)C(F)(F)C(F)(F)C(F)(F)C(F)(F)C(F)(F)C(F)(F)C(F)(F)F)C(=O)O. The second-order valence-electron chi connectivity index (χ2n) is 7.03. The minimum absolute atomic E-state index is 0.117. The molecule has 0 spiro atoms. The van der Waals surface area contributed by atoms with Gasteiger partial charge in [-0.25, -0.2) is 13.8 Å². The van der Waals surface area contributed by atoms with Crippen molar-refractivity contribution in [2.45, 2.75) is 65.8 Å². The molecular formula is C13H9F17N2O6S. The molecule has 0 fully saturated rings. The molecule has 0 amide bonds. The zero-order chi connectivity index (χ0) is 32.1. The summed E-state index contributed by atoms with van der Waals surface area (Å²) in [5.41, 5.74) is 0.635. The largest absolute Gasteiger partial charge is 0.481 e. The lowest BCUT2D eigenvalue weighted by Crippen LogP contribution is -2.75. The molecule has 0 saturated carbocycles. The number of hydrazine groups is 1. The number of sulfonamides is 1. The van der Waals surface area contributed by atoms with Crippen molar-refractivity contribution >= 4 is 22.0 Å². The first-order valence-corrected chi connectivity index (χ1v) is 10.1. The molecule has 39 heavy (non-hydrogen) atoms. The number of carbonyl (C=O) groups is 2. The molecule has 1 atom stereocenters. The fourth-order valence-electron chi connectivity index (χ4n) is 2.06. The average molecular weight is 644 g/mol. The molecule has 0 aliphatic rings. The van der Waals surface area contributed by atoms with E-state index >= 15 is 0 Å². The number of hydrogen-bond donors (Lipinski definition) is 4. The van der Waals surface area contributed by atoms with E-state index in [2.05, 4.69) is 0 Å². The van der Waals surface area contributed by atoms with Gasteiger partial charge in [0.05, 0.1) is 0 Å². The number of halogens is 17. The number of carboxylic acids is 2. The molecule has 0 bridgehead atoms. The number of nitrogens with one attached hydrogen (secondary N) is 2. The van der Waals surface area contributed by atoms with Crippen LogP contribution in [0.1, 0.15) is 12.8 Å². The summed E-state index contributed by atoms with van der Waals surface area (Å²) in [6, 6.07) is -2.70. The second kappa shape index (κ2) is 10.2. The van der Waals surface area contributed by atoms with E-state index in [1.807, 2.05) is 0 Å². The molecule has 8 nitrogen and oxygen atoms in total. The van der Waals surface area contributed by atoms with Crippen LogP contribution in [0.25, 0.3) is 0 Å². The lowest BCUT2D eigenvalue weighted by Gasteiger charge is -2.42. The highest BCUT2D eigenvalue weighted by Gasteiger charge is 2.96. The molecule has 1 unspecified atom stereocenters. The van der Waals surface area contributed by atoms with Crippen molar-refractivity contribution in [3.8, 4) is 0 Å². The van der Waals surface area contributed by atoms with Gasteiger partial charge in [-0.15, -0.1) is 4.83 Å². The van der Waals surface area contributed by atoms with Gasteiger partial charge in [0.15, 0.2) is 0 Å². The van der Waals surface area contributed by atoms with Gasteiger partial charge < -0.3 is 10.2 Å². The Morgan fingerprint density at radius 2 is 0.949 bits per heavy atom. The fourth-order valence-corrected chi connectivity index (χ4v) is 2.95. The van der Waals surface area contributed by atoms with Crippen LogP contribution in [0.4, 0.5) is 74.6 Å². The van der Waals surface area contributed by atoms with Crippen LogP contribution in [-0.2, 0) is 19.6 Å². The Balaban J connectivity index is 6.66. The first-order chi connectivity index (χ1) is 16.7. The molecule has 0 aliphatic carbocycles. The third-order valence-corrected chi connectivity index (χ3v) is 5.66. The minimum Gasteiger partial charge on any atom is -0.481 e. The molecule has 0 aromatic rings. The van der Waals surface area contributed by atoms with Gasteiger partial charge in [0.1, 0.15) is 6.04 Å². The molecule has 26 heteroatoms. The monoisotopic (exact) mass is 644 g/mol. The van der Waals surface area contributed by atoms with E-state index < -0.39 is 87.8 Å². The maximum absolute atomic E-state index is 13.8. The molecule has 0 aromatic carbocycles. The summed E-state index contributed by atoms with van der Waals surface area (Å²) >= 11 is 0. The van der Waals surface area contributed by atoms with Crippen LogP contribution >= 0.6 is 0 Å². The summed E-state index contributed by atoms with van der Waals surface area (Å²) in [5.74, 6) is -56.9. The van der Waals surface area contributed by atoms with Crippen LogP contribution in [0.2, 0.25) is 0 Å². The number of alkyl halides is 17. The maximum Gasteiger partial charge on any atom is 0.460 e. The van der Waals surface area contributed by atoms with E-state index in [9.17, 15) is 92.6 Å². The standard InChI is InChI=1S/C13H9F17N2O6S/c14-6(15,8(18,19)10(22,23)12(26,27)28)7(16,17)9(20,21)11(24,25)13(29,30)39(37,38)32-31-3(5(35)36)1-2-4(33)34/h3,31-32H,1-2H2,(H,33,34)(H,35,36). The normalized spacial score (nSPS) is 16.2. The van der Waals surface area contributed by atoms with Crippen molar-refractivity contribution < 1.29 is 103 Å². The van der Waals surface area contributed by atoms with Gasteiger partial charge in [-0.1, -0.05) is 0 Å². The fraction of sp³-hybridized carbons (Fsp3) is 0.846. The summed E-state index contributed by atoms with van der Waals surface area (Å²) < 4.78 is 247. The third kappa shape index (κ3) is 5.62. The van der Waals surface area contributed by atoms with Gasteiger partial charge in [-0.2, -0.15) is 74.6 Å². The van der Waals surface area contributed by atoms with E-state index in [4.69, 9.17) is 10.2 Å². The lowest BCUT2D eigenvalue weighted by molar-refractivity contribution is -0.458. The number of aliphatic carboxylic acids is 2. The van der Waals surface area contributed by atoms with Crippen molar-refractivity contribution in [2.24, 2.45) is 0 Å². The van der Waals surface area contributed by atoms with Gasteiger partial charge in [0.25, 0.3) is 10.0 Å². The van der Waals surface area contributed by atoms with Crippen LogP contribution in [-0.4, -0.2) is 83.6 Å². The smallest absolute Gasteiger partial charge is 0.460 e. The highest BCUT2D eigenvalue weighted by atomic mass is 32.2. The maximum atomic E-state index is 13.8. The van der Waals surface area contributed by atoms with E-state index in [0.29, 0.717) is 5.43 Å². The molecule has 4 N–H and O–H groups in total. The molecular weight excluding hydrogens is 635 g/mol. The van der Waals surface area contributed by atoms with Gasteiger partial charge in [0.2, 0.25) is 0 Å². The molecule has 0 heterocycles. The Labute approximate surface area is 202 Å². The quantitative estimate of drug-likeness (QED) is 0.168. The van der Waals surface area contributed by atoms with Crippen molar-refractivity contribution in [1.29, 1.82) is 0 Å². The molecule has 0 aliphatic heterocycles. The lowest BCUT2D eigenvalue weighted by atomic mass is 9.91.